The van der Waals surface area contributed by atoms with Crippen molar-refractivity contribution in [2.24, 2.45) is 0 Å². The number of rotatable bonds is 0. The van der Waals surface area contributed by atoms with Gasteiger partial charge in [0.1, 0.15) is 12.2 Å². The van der Waals surface area contributed by atoms with Gasteiger partial charge >= 0.3 is 0 Å². The van der Waals surface area contributed by atoms with Crippen LogP contribution in [-0.4, -0.2) is 18.0 Å². The van der Waals surface area contributed by atoms with Crippen LogP contribution in [-0.2, 0) is 9.47 Å². The van der Waals surface area contributed by atoms with Gasteiger partial charge in [0.2, 0.25) is 0 Å². The summed E-state index contributed by atoms with van der Waals surface area (Å²) >= 11 is 0. The van der Waals surface area contributed by atoms with Gasteiger partial charge in [-0.05, 0) is 13.8 Å². The Hall–Kier alpha value is -0.600. The summed E-state index contributed by atoms with van der Waals surface area (Å²) in [7, 11) is 0. The van der Waals surface area contributed by atoms with E-state index in [1.807, 2.05) is 38.2 Å². The molecule has 0 aromatic rings. The summed E-state index contributed by atoms with van der Waals surface area (Å²) in [5, 5.41) is 0. The molecule has 0 N–H and O–H groups in total. The maximum atomic E-state index is 5.59. The molecule has 11 heavy (non-hydrogen) atoms. The summed E-state index contributed by atoms with van der Waals surface area (Å²) < 4.78 is 11.2. The van der Waals surface area contributed by atoms with Gasteiger partial charge in [0.05, 0.1) is 0 Å². The van der Waals surface area contributed by atoms with Crippen molar-refractivity contribution < 1.29 is 9.47 Å². The molecule has 60 valence electrons. The van der Waals surface area contributed by atoms with Crippen LogP contribution in [0.5, 0.6) is 0 Å². The molecule has 2 aliphatic rings. The lowest BCUT2D eigenvalue weighted by atomic mass is 10.1. The Kier molecular flexibility index (Phi) is 1.41. The maximum Gasteiger partial charge on any atom is 0.164 e. The van der Waals surface area contributed by atoms with Crippen LogP contribution in [0.15, 0.2) is 24.3 Å². The predicted molar refractivity (Wildman–Crippen MR) is 42.1 cm³/mol. The molecule has 1 heterocycles. The minimum absolute atomic E-state index is 0.120. The van der Waals surface area contributed by atoms with E-state index < -0.39 is 5.79 Å². The molecular weight excluding hydrogens is 140 g/mol. The molecule has 2 atom stereocenters. The highest BCUT2D eigenvalue weighted by atomic mass is 16.7. The molecule has 1 saturated heterocycles. The second kappa shape index (κ2) is 2.19. The lowest BCUT2D eigenvalue weighted by Crippen LogP contribution is -2.20. The Labute approximate surface area is 66.5 Å². The van der Waals surface area contributed by atoms with Crippen LogP contribution in [0.4, 0.5) is 0 Å². The molecule has 0 radical (unpaired) electrons. The number of hydrogen-bond acceptors (Lipinski definition) is 2. The fraction of sp³-hybridized carbons (Fsp3) is 0.556. The largest absolute Gasteiger partial charge is 0.340 e. The lowest BCUT2D eigenvalue weighted by Gasteiger charge is -2.15. The van der Waals surface area contributed by atoms with E-state index in [9.17, 15) is 0 Å². The van der Waals surface area contributed by atoms with Crippen molar-refractivity contribution in [3.63, 3.8) is 0 Å². The molecule has 0 spiro atoms. The average molecular weight is 152 g/mol. The molecular formula is C9H12O2. The molecule has 0 aromatic heterocycles. The van der Waals surface area contributed by atoms with Gasteiger partial charge in [-0.1, -0.05) is 24.3 Å². The molecule has 1 aliphatic carbocycles. The van der Waals surface area contributed by atoms with Crippen LogP contribution in [0.3, 0.4) is 0 Å². The topological polar surface area (TPSA) is 18.5 Å². The Morgan fingerprint density at radius 3 is 1.91 bits per heavy atom. The van der Waals surface area contributed by atoms with Crippen molar-refractivity contribution in [3.8, 4) is 0 Å². The van der Waals surface area contributed by atoms with E-state index in [0.717, 1.165) is 0 Å². The third-order valence-electron chi connectivity index (χ3n) is 1.88. The van der Waals surface area contributed by atoms with E-state index >= 15 is 0 Å². The Bertz CT molecular complexity index is 194. The maximum absolute atomic E-state index is 5.59. The molecule has 1 fully saturated rings. The van der Waals surface area contributed by atoms with Gasteiger partial charge in [0.15, 0.2) is 5.79 Å². The van der Waals surface area contributed by atoms with Crippen molar-refractivity contribution in [1.29, 1.82) is 0 Å². The highest BCUT2D eigenvalue weighted by Crippen LogP contribution is 2.30. The van der Waals surface area contributed by atoms with Crippen molar-refractivity contribution in [3.05, 3.63) is 24.3 Å². The summed E-state index contributed by atoms with van der Waals surface area (Å²) in [5.41, 5.74) is 0. The van der Waals surface area contributed by atoms with Crippen LogP contribution >= 0.6 is 0 Å². The first-order valence-corrected chi connectivity index (χ1v) is 3.88. The van der Waals surface area contributed by atoms with Crippen molar-refractivity contribution in [1.82, 2.24) is 0 Å². The van der Waals surface area contributed by atoms with Crippen LogP contribution in [0, 0.1) is 0 Å². The molecule has 0 aromatic carbocycles. The van der Waals surface area contributed by atoms with E-state index in [1.165, 1.54) is 0 Å². The standard InChI is InChI=1S/C9H12O2/c1-9(2)10-7-5-3-4-6-8(7)11-9/h3-8H,1-2H3/t7-,8+. The monoisotopic (exact) mass is 152 g/mol. The van der Waals surface area contributed by atoms with Gasteiger partial charge in [-0.2, -0.15) is 0 Å². The average Bonchev–Trinajstić information content (AvgIpc) is 2.21. The minimum Gasteiger partial charge on any atom is -0.340 e. The lowest BCUT2D eigenvalue weighted by molar-refractivity contribution is -0.138. The normalized spacial score (nSPS) is 39.1. The first kappa shape index (κ1) is 7.07. The van der Waals surface area contributed by atoms with Gasteiger partial charge in [0.25, 0.3) is 0 Å². The van der Waals surface area contributed by atoms with Gasteiger partial charge in [-0.15, -0.1) is 0 Å². The van der Waals surface area contributed by atoms with E-state index in [1.54, 1.807) is 0 Å². The fourth-order valence-corrected chi connectivity index (χ4v) is 1.46. The number of hydrogen-bond donors (Lipinski definition) is 0. The molecule has 0 bridgehead atoms. The summed E-state index contributed by atoms with van der Waals surface area (Å²) in [6, 6.07) is 0. The highest BCUT2D eigenvalue weighted by molar-refractivity contribution is 5.18. The number of allylic oxidation sites excluding steroid dienone is 2. The molecule has 2 heteroatoms. The summed E-state index contributed by atoms with van der Waals surface area (Å²) in [6.45, 7) is 3.88. The van der Waals surface area contributed by atoms with Crippen LogP contribution in [0.1, 0.15) is 13.8 Å². The van der Waals surface area contributed by atoms with E-state index in [4.69, 9.17) is 9.47 Å². The second-order valence-electron chi connectivity index (χ2n) is 3.33. The SMILES string of the molecule is CC1(C)O[C@H]2C=CC=C[C@H]2O1. The second-order valence-corrected chi connectivity index (χ2v) is 3.33. The van der Waals surface area contributed by atoms with Crippen molar-refractivity contribution >= 4 is 0 Å². The van der Waals surface area contributed by atoms with Crippen molar-refractivity contribution in [2.45, 2.75) is 31.8 Å². The Morgan fingerprint density at radius 2 is 1.45 bits per heavy atom. The zero-order valence-corrected chi connectivity index (χ0v) is 6.78. The number of ether oxygens (including phenoxy) is 2. The first-order chi connectivity index (χ1) is 5.17. The molecule has 0 amide bonds. The summed E-state index contributed by atoms with van der Waals surface area (Å²) in [5.74, 6) is -0.422. The minimum atomic E-state index is -0.422. The quantitative estimate of drug-likeness (QED) is 0.525. The van der Waals surface area contributed by atoms with Crippen LogP contribution in [0.2, 0.25) is 0 Å². The van der Waals surface area contributed by atoms with Crippen molar-refractivity contribution in [2.75, 3.05) is 0 Å². The Morgan fingerprint density at radius 1 is 1.00 bits per heavy atom. The Balaban J connectivity index is 2.18. The predicted octanol–water partition coefficient (Wildman–Crippen LogP) is 1.63. The van der Waals surface area contributed by atoms with Gasteiger partial charge in [0, 0.05) is 0 Å². The number of fused-ring (bicyclic) bond motifs is 1. The zero-order chi connectivity index (χ0) is 7.90. The van der Waals surface area contributed by atoms with Gasteiger partial charge in [-0.25, -0.2) is 0 Å². The molecule has 2 rings (SSSR count). The molecule has 1 aliphatic heterocycles. The van der Waals surface area contributed by atoms with E-state index in [2.05, 4.69) is 0 Å². The molecule has 0 saturated carbocycles. The van der Waals surface area contributed by atoms with Gasteiger partial charge < -0.3 is 9.47 Å². The van der Waals surface area contributed by atoms with E-state index in [0.29, 0.717) is 0 Å². The highest BCUT2D eigenvalue weighted by Gasteiger charge is 2.38. The van der Waals surface area contributed by atoms with Gasteiger partial charge in [-0.3, -0.25) is 0 Å². The molecule has 2 nitrogen and oxygen atoms in total. The fourth-order valence-electron chi connectivity index (χ4n) is 1.46. The zero-order valence-electron chi connectivity index (χ0n) is 6.78. The molecule has 0 unspecified atom stereocenters. The third-order valence-corrected chi connectivity index (χ3v) is 1.88. The first-order valence-electron chi connectivity index (χ1n) is 3.88. The smallest absolute Gasteiger partial charge is 0.164 e. The van der Waals surface area contributed by atoms with Crippen LogP contribution in [0.25, 0.3) is 0 Å². The summed E-state index contributed by atoms with van der Waals surface area (Å²) in [4.78, 5) is 0. The summed E-state index contributed by atoms with van der Waals surface area (Å²) in [6.07, 6.45) is 8.28. The third kappa shape index (κ3) is 1.24. The van der Waals surface area contributed by atoms with E-state index in [-0.39, 0.29) is 12.2 Å². The van der Waals surface area contributed by atoms with Crippen LogP contribution < -0.4 is 0 Å².